The van der Waals surface area contributed by atoms with Gasteiger partial charge in [-0.3, -0.25) is 0 Å². The fourth-order valence-corrected chi connectivity index (χ4v) is 3.39. The number of sulfonamides is 1. The van der Waals surface area contributed by atoms with Crippen LogP contribution >= 0.6 is 0 Å². The van der Waals surface area contributed by atoms with E-state index in [1.54, 1.807) is 37.6 Å². The second kappa shape index (κ2) is 4.93. The van der Waals surface area contributed by atoms with Gasteiger partial charge in [0, 0.05) is 0 Å². The lowest BCUT2D eigenvalue weighted by Crippen LogP contribution is -2.38. The Morgan fingerprint density at radius 1 is 1.11 bits per heavy atom. The molecule has 0 amide bonds. The van der Waals surface area contributed by atoms with Crippen LogP contribution in [0.2, 0.25) is 0 Å². The Morgan fingerprint density at radius 3 is 1.94 bits per heavy atom. The van der Waals surface area contributed by atoms with Crippen LogP contribution in [0.3, 0.4) is 0 Å². The molecule has 3 nitrogen and oxygen atoms in total. The molecule has 18 heavy (non-hydrogen) atoms. The van der Waals surface area contributed by atoms with Crippen molar-refractivity contribution in [3.8, 4) is 0 Å². The molecule has 0 aliphatic heterocycles. The van der Waals surface area contributed by atoms with Gasteiger partial charge >= 0.3 is 6.98 Å². The van der Waals surface area contributed by atoms with Gasteiger partial charge in [-0.1, -0.05) is 17.7 Å². The van der Waals surface area contributed by atoms with Crippen molar-refractivity contribution in [3.05, 3.63) is 28.8 Å². The van der Waals surface area contributed by atoms with Gasteiger partial charge in [-0.15, -0.1) is 0 Å². The van der Waals surface area contributed by atoms with E-state index in [0.717, 1.165) is 5.56 Å². The Kier molecular flexibility index (Phi) is 4.12. The average molecular weight is 280 g/mol. The summed E-state index contributed by atoms with van der Waals surface area (Å²) in [6.45, 7) is -0.265. The second-order valence-electron chi connectivity index (χ2n) is 4.29. The molecule has 0 aliphatic rings. The van der Waals surface area contributed by atoms with Crippen molar-refractivity contribution in [1.29, 1.82) is 0 Å². The van der Waals surface area contributed by atoms with Crippen LogP contribution in [0.5, 0.6) is 0 Å². The third kappa shape index (κ3) is 3.74. The highest BCUT2D eigenvalue weighted by Gasteiger charge is 2.27. The summed E-state index contributed by atoms with van der Waals surface area (Å²) in [4.78, 5) is -0.0758. The van der Waals surface area contributed by atoms with E-state index < -0.39 is 23.4 Å². The van der Waals surface area contributed by atoms with Gasteiger partial charge < -0.3 is 12.9 Å². The molecule has 0 heterocycles. The van der Waals surface area contributed by atoms with E-state index in [1.807, 2.05) is 0 Å². The smallest absolute Gasteiger partial charge is 0.448 e. The van der Waals surface area contributed by atoms with Crippen LogP contribution in [0.4, 0.5) is 12.9 Å². The highest BCUT2D eigenvalue weighted by molar-refractivity contribution is 7.89. The normalized spacial score (nSPS) is 12.8. The van der Waals surface area contributed by atoms with Crippen molar-refractivity contribution >= 4 is 17.0 Å². The van der Waals surface area contributed by atoms with Crippen molar-refractivity contribution in [3.63, 3.8) is 0 Å². The van der Waals surface area contributed by atoms with Gasteiger partial charge in [-0.05, 0) is 38.3 Å². The van der Waals surface area contributed by atoms with Crippen LogP contribution in [0.15, 0.2) is 17.0 Å². The third-order valence-electron chi connectivity index (χ3n) is 2.38. The number of aryl methyl sites for hydroxylation is 3. The lowest BCUT2D eigenvalue weighted by atomic mass is 9.93. The van der Waals surface area contributed by atoms with Crippen molar-refractivity contribution in [2.45, 2.75) is 25.7 Å². The zero-order chi connectivity index (χ0) is 14.1. The summed E-state index contributed by atoms with van der Waals surface area (Å²) in [6, 6.07) is 3.25. The summed E-state index contributed by atoms with van der Waals surface area (Å²) in [5.41, 5.74) is 1.74. The fourth-order valence-electron chi connectivity index (χ4n) is 1.87. The molecule has 1 N–H and O–H groups in total. The molecule has 0 saturated carbocycles. The van der Waals surface area contributed by atoms with E-state index in [9.17, 15) is 21.4 Å². The van der Waals surface area contributed by atoms with E-state index in [1.165, 1.54) is 0 Å². The molecule has 0 spiro atoms. The minimum Gasteiger partial charge on any atom is -0.448 e. The monoisotopic (exact) mass is 280 g/mol. The molecular weight excluding hydrogens is 266 g/mol. The minimum atomic E-state index is -5.18. The van der Waals surface area contributed by atoms with Crippen molar-refractivity contribution in [1.82, 2.24) is 4.72 Å². The van der Waals surface area contributed by atoms with Crippen molar-refractivity contribution in [2.75, 3.05) is 6.44 Å². The predicted octanol–water partition coefficient (Wildman–Crippen LogP) is 2.28. The molecule has 1 aromatic rings. The number of benzene rings is 1. The molecule has 0 aromatic heterocycles. The van der Waals surface area contributed by atoms with Gasteiger partial charge in [-0.2, -0.15) is 0 Å². The van der Waals surface area contributed by atoms with Gasteiger partial charge in [0.25, 0.3) is 0 Å². The van der Waals surface area contributed by atoms with Crippen molar-refractivity contribution < 1.29 is 21.4 Å². The summed E-state index contributed by atoms with van der Waals surface area (Å²) in [7, 11) is -4.13. The molecule has 1 aromatic carbocycles. The maximum atomic E-state index is 12.1. The fraction of sp³-hybridized carbons (Fsp3) is 0.400. The van der Waals surface area contributed by atoms with Gasteiger partial charge in [0.15, 0.2) is 0 Å². The van der Waals surface area contributed by atoms with Gasteiger partial charge in [0.05, 0.1) is 4.90 Å². The molecule has 0 fully saturated rings. The van der Waals surface area contributed by atoms with Crippen LogP contribution in [0, 0.1) is 20.8 Å². The standard InChI is InChI=1S/C10H14BF3NO2S/c1-7-4-8(2)10(9(3)5-7)18(16,17)15-6-11(12,13)14/h4-5,15H,6H2,1-3H3/q-1. The van der Waals surface area contributed by atoms with Crippen LogP contribution in [-0.4, -0.2) is 21.8 Å². The van der Waals surface area contributed by atoms with E-state index in [2.05, 4.69) is 0 Å². The van der Waals surface area contributed by atoms with Crippen LogP contribution in [0.25, 0.3) is 0 Å². The maximum absolute atomic E-state index is 12.1. The first-order valence-corrected chi connectivity index (χ1v) is 6.80. The molecule has 0 bridgehead atoms. The number of hydrogen-bond donors (Lipinski definition) is 1. The SMILES string of the molecule is Cc1cc(C)c(S(=O)(=O)NC[B-](F)(F)F)c(C)c1. The molecule has 0 unspecified atom stereocenters. The summed E-state index contributed by atoms with van der Waals surface area (Å²) in [5.74, 6) is 0. The maximum Gasteiger partial charge on any atom is 0.492 e. The molecule has 102 valence electrons. The molecular formula is C10H14BF3NO2S-. The number of nitrogens with one attached hydrogen (secondary N) is 1. The quantitative estimate of drug-likeness (QED) is 0.860. The first-order chi connectivity index (χ1) is 8.03. The number of rotatable bonds is 4. The Labute approximate surface area is 105 Å². The highest BCUT2D eigenvalue weighted by atomic mass is 32.2. The number of halogens is 3. The summed E-state index contributed by atoms with van der Waals surface area (Å²) in [5, 5.41) is 0. The van der Waals surface area contributed by atoms with E-state index in [4.69, 9.17) is 0 Å². The predicted molar refractivity (Wildman–Crippen MR) is 64.9 cm³/mol. The van der Waals surface area contributed by atoms with Crippen LogP contribution in [0.1, 0.15) is 16.7 Å². The third-order valence-corrected chi connectivity index (χ3v) is 4.11. The zero-order valence-corrected chi connectivity index (χ0v) is 11.1. The first-order valence-electron chi connectivity index (χ1n) is 5.31. The number of hydrogen-bond acceptors (Lipinski definition) is 2. The summed E-state index contributed by atoms with van der Waals surface area (Å²) in [6.07, 6.45) is -1.50. The first kappa shape index (κ1) is 15.0. The molecule has 0 saturated heterocycles. The van der Waals surface area contributed by atoms with E-state index in [0.29, 0.717) is 11.1 Å². The van der Waals surface area contributed by atoms with Gasteiger partial charge in [0.1, 0.15) is 0 Å². The van der Waals surface area contributed by atoms with Crippen LogP contribution in [-0.2, 0) is 10.0 Å². The molecule has 1 rings (SSSR count). The van der Waals surface area contributed by atoms with E-state index >= 15 is 0 Å². The lowest BCUT2D eigenvalue weighted by molar-refractivity contribution is 0.465. The van der Waals surface area contributed by atoms with E-state index in [-0.39, 0.29) is 4.90 Å². The Bertz CT molecular complexity index is 532. The minimum absolute atomic E-state index is 0.0758. The largest absolute Gasteiger partial charge is 0.492 e. The lowest BCUT2D eigenvalue weighted by Gasteiger charge is -2.17. The topological polar surface area (TPSA) is 46.2 Å². The molecule has 0 atom stereocenters. The Morgan fingerprint density at radius 2 is 1.56 bits per heavy atom. The summed E-state index contributed by atoms with van der Waals surface area (Å²) >= 11 is 0. The summed E-state index contributed by atoms with van der Waals surface area (Å²) < 4.78 is 61.6. The molecule has 0 radical (unpaired) electrons. The van der Waals surface area contributed by atoms with Crippen LogP contribution < -0.4 is 4.72 Å². The average Bonchev–Trinajstić information content (AvgIpc) is 2.11. The Hall–Kier alpha value is -1.02. The molecule has 0 aliphatic carbocycles. The second-order valence-corrected chi connectivity index (χ2v) is 5.99. The van der Waals surface area contributed by atoms with Gasteiger partial charge in [0.2, 0.25) is 10.0 Å². The highest BCUT2D eigenvalue weighted by Crippen LogP contribution is 2.22. The zero-order valence-electron chi connectivity index (χ0n) is 10.3. The Balaban J connectivity index is 3.14. The molecule has 8 heteroatoms. The van der Waals surface area contributed by atoms with Gasteiger partial charge in [-0.25, -0.2) is 13.1 Å². The van der Waals surface area contributed by atoms with Crippen molar-refractivity contribution in [2.24, 2.45) is 0 Å².